The van der Waals surface area contributed by atoms with Gasteiger partial charge in [0.25, 0.3) is 11.8 Å². The van der Waals surface area contributed by atoms with E-state index in [1.165, 1.54) is 59.6 Å². The van der Waals surface area contributed by atoms with Crippen LogP contribution in [-0.2, 0) is 63.7 Å². The number of epoxide rings is 1. The van der Waals surface area contributed by atoms with E-state index in [-0.39, 0.29) is 49.5 Å². The molecule has 9 atom stereocenters. The second-order valence-electron chi connectivity index (χ2n) is 18.3. The number of fused-ring (bicyclic) bond motifs is 5. The van der Waals surface area contributed by atoms with Gasteiger partial charge < -0.3 is 48.2 Å². The number of aliphatic hydroxyl groups is 1. The minimum atomic E-state index is -1.87. The number of carbonyl (C=O) groups excluding carboxylic acids is 7. The lowest BCUT2D eigenvalue weighted by Gasteiger charge is -2.42. The number of hydrogen-bond acceptors (Lipinski definition) is 17. The molecule has 19 nitrogen and oxygen atoms in total. The van der Waals surface area contributed by atoms with Crippen LogP contribution in [0.4, 0.5) is 10.5 Å². The van der Waals surface area contributed by atoms with Gasteiger partial charge >= 0.3 is 18.0 Å². The lowest BCUT2D eigenvalue weighted by molar-refractivity contribution is -0.197. The summed E-state index contributed by atoms with van der Waals surface area (Å²) in [5.41, 5.74) is -1.13. The molecule has 22 heteroatoms. The molecule has 3 unspecified atom stereocenters. The molecule has 0 aromatic heterocycles. The maximum absolute atomic E-state index is 14.4. The summed E-state index contributed by atoms with van der Waals surface area (Å²) in [4.78, 5) is 98.6. The number of anilines is 1. The minimum absolute atomic E-state index is 0.0000187. The van der Waals surface area contributed by atoms with Crippen LogP contribution < -0.4 is 15.0 Å². The van der Waals surface area contributed by atoms with E-state index in [1.807, 2.05) is 19.9 Å². The fourth-order valence-corrected chi connectivity index (χ4v) is 11.6. The van der Waals surface area contributed by atoms with Crippen LogP contribution in [-0.4, -0.2) is 151 Å². The Morgan fingerprint density at radius 2 is 1.80 bits per heavy atom. The van der Waals surface area contributed by atoms with Crippen LogP contribution in [0, 0.1) is 5.92 Å². The standard InChI is InChI=1S/C47H65ClN4O15S2/c1-27-13-11-14-34(63-10)47(60)25-33(64-44(59)49-47)28(2)42-46(5,66-42)35(24-39(56)51(7)31-22-30(21-27)23-32(62-9)41(31)48)65-43(58)29(3)50(6)36(53)18-19-45(4,26-61-8)69-68-20-12-15-40(57)67-52-37(54)16-17-38(52)55/h11,13-14,22-23,28-29,33-35,42,60H,12,15-21,24-26H2,1-10H3,(H,49,59)/b14-11+,27-13+/t28-,29+,33?,34-,35+,42?,45?,46+,47+/m1/s1. The second kappa shape index (κ2) is 23.7. The number of hydroxylamine groups is 2. The van der Waals surface area contributed by atoms with Gasteiger partial charge in [0, 0.05) is 76.8 Å². The average molecular weight is 1030 g/mol. The average Bonchev–Trinajstić information content (AvgIpc) is 3.91. The van der Waals surface area contributed by atoms with Crippen LogP contribution in [0.2, 0.25) is 5.02 Å². The highest BCUT2D eigenvalue weighted by Crippen LogP contribution is 2.49. The van der Waals surface area contributed by atoms with Crippen molar-refractivity contribution in [3.63, 3.8) is 0 Å². The molecule has 3 saturated heterocycles. The largest absolute Gasteiger partial charge is 0.495 e. The Morgan fingerprint density at radius 1 is 1.10 bits per heavy atom. The highest BCUT2D eigenvalue weighted by atomic mass is 35.5. The summed E-state index contributed by atoms with van der Waals surface area (Å²) < 4.78 is 34.4. The molecule has 382 valence electrons. The van der Waals surface area contributed by atoms with E-state index in [4.69, 9.17) is 44.9 Å². The fourth-order valence-electron chi connectivity index (χ4n) is 8.47. The van der Waals surface area contributed by atoms with Crippen LogP contribution in [0.15, 0.2) is 35.9 Å². The minimum Gasteiger partial charge on any atom is -0.495 e. The number of benzene rings is 1. The van der Waals surface area contributed by atoms with Gasteiger partial charge in [-0.15, -0.1) is 5.06 Å². The molecule has 0 radical (unpaired) electrons. The second-order valence-corrected chi connectivity index (χ2v) is 21.7. The molecule has 1 aromatic rings. The van der Waals surface area contributed by atoms with E-state index in [1.54, 1.807) is 52.3 Å². The molecule has 3 fully saturated rings. The maximum atomic E-state index is 14.4. The fraction of sp³-hybridized carbons (Fsp3) is 0.638. The van der Waals surface area contributed by atoms with Crippen molar-refractivity contribution in [3.8, 4) is 5.75 Å². The Bertz CT molecular complexity index is 2170. The van der Waals surface area contributed by atoms with Crippen molar-refractivity contribution in [1.82, 2.24) is 15.3 Å². The summed E-state index contributed by atoms with van der Waals surface area (Å²) in [6, 6.07) is 2.44. The highest BCUT2D eigenvalue weighted by Gasteiger charge is 2.64. The van der Waals surface area contributed by atoms with Gasteiger partial charge in [-0.3, -0.25) is 24.5 Å². The van der Waals surface area contributed by atoms with E-state index in [0.717, 1.165) is 11.1 Å². The summed E-state index contributed by atoms with van der Waals surface area (Å²) in [6.45, 7) is 9.14. The quantitative estimate of drug-likeness (QED) is 0.0648. The number of nitrogens with one attached hydrogen (secondary N) is 1. The van der Waals surface area contributed by atoms with E-state index < -0.39 is 88.2 Å². The lowest BCUT2D eigenvalue weighted by atomic mass is 9.83. The molecular formula is C47H65ClN4O15S2. The first-order valence-corrected chi connectivity index (χ1v) is 25.4. The first-order chi connectivity index (χ1) is 32.5. The third-order valence-corrected chi connectivity index (χ3v) is 16.6. The van der Waals surface area contributed by atoms with Crippen LogP contribution >= 0.6 is 33.2 Å². The van der Waals surface area contributed by atoms with Crippen LogP contribution in [0.1, 0.15) is 91.5 Å². The molecular weight excluding hydrogens is 960 g/mol. The smallest absolute Gasteiger partial charge is 0.409 e. The lowest BCUT2D eigenvalue weighted by Crippen LogP contribution is -2.63. The van der Waals surface area contributed by atoms with Gasteiger partial charge in [0.15, 0.2) is 5.72 Å². The predicted octanol–water partition coefficient (Wildman–Crippen LogP) is 5.47. The third-order valence-electron chi connectivity index (χ3n) is 12.9. The Hall–Kier alpha value is -4.38. The summed E-state index contributed by atoms with van der Waals surface area (Å²) in [6.07, 6.45) is 1.33. The number of halogens is 1. The molecule has 1 aromatic carbocycles. The van der Waals surface area contributed by atoms with Crippen molar-refractivity contribution in [2.24, 2.45) is 5.92 Å². The molecule has 0 aliphatic carbocycles. The molecule has 0 spiro atoms. The molecule has 4 heterocycles. The molecule has 2 N–H and O–H groups in total. The molecule has 4 aliphatic heterocycles. The zero-order valence-electron chi connectivity index (χ0n) is 40.8. The van der Waals surface area contributed by atoms with E-state index >= 15 is 0 Å². The summed E-state index contributed by atoms with van der Waals surface area (Å²) in [5, 5.41) is 15.1. The normalized spacial score (nSPS) is 28.8. The topological polar surface area (TPSA) is 229 Å². The number of esters is 1. The third kappa shape index (κ3) is 13.7. The molecule has 5 amide bonds. The number of hydrogen-bond donors (Lipinski definition) is 2. The van der Waals surface area contributed by atoms with Gasteiger partial charge in [-0.2, -0.15) is 0 Å². The maximum Gasteiger partial charge on any atom is 0.409 e. The van der Waals surface area contributed by atoms with Crippen molar-refractivity contribution >= 4 is 80.5 Å². The molecule has 69 heavy (non-hydrogen) atoms. The van der Waals surface area contributed by atoms with Gasteiger partial charge in [0.1, 0.15) is 40.7 Å². The van der Waals surface area contributed by atoms with Crippen molar-refractivity contribution in [3.05, 3.63) is 46.5 Å². The Labute approximate surface area is 415 Å². The van der Waals surface area contributed by atoms with Crippen LogP contribution in [0.3, 0.4) is 0 Å². The van der Waals surface area contributed by atoms with Crippen LogP contribution in [0.25, 0.3) is 0 Å². The Morgan fingerprint density at radius 3 is 2.45 bits per heavy atom. The van der Waals surface area contributed by atoms with Gasteiger partial charge in [0.05, 0.1) is 31.9 Å². The van der Waals surface area contributed by atoms with E-state index in [0.29, 0.717) is 48.1 Å². The number of imide groups is 1. The number of ether oxygens (including phenoxy) is 6. The number of rotatable bonds is 17. The number of methoxy groups -OCH3 is 3. The number of allylic oxidation sites excluding steroid dienone is 3. The summed E-state index contributed by atoms with van der Waals surface area (Å²) in [7, 11) is 10.5. The molecule has 0 saturated carbocycles. The number of nitrogens with zero attached hydrogens (tertiary/aromatic N) is 3. The van der Waals surface area contributed by atoms with E-state index in [9.17, 15) is 38.7 Å². The van der Waals surface area contributed by atoms with Gasteiger partial charge in [-0.05, 0) is 64.7 Å². The van der Waals surface area contributed by atoms with E-state index in [2.05, 4.69) is 5.32 Å². The summed E-state index contributed by atoms with van der Waals surface area (Å²) >= 11 is 6.82. The molecule has 4 aliphatic rings. The van der Waals surface area contributed by atoms with Gasteiger partial charge in [-0.25, -0.2) is 14.4 Å². The van der Waals surface area contributed by atoms with Crippen LogP contribution in [0.5, 0.6) is 5.75 Å². The monoisotopic (exact) mass is 1020 g/mol. The van der Waals surface area contributed by atoms with Crippen molar-refractivity contribution in [2.75, 3.05) is 52.7 Å². The van der Waals surface area contributed by atoms with Crippen molar-refractivity contribution in [1.29, 1.82) is 0 Å². The number of carbonyl (C=O) groups is 7. The SMILES string of the molecule is COCC(C)(CCC(=O)N(C)[C@@H](C)C(=O)O[C@H]1CC(=O)N(C)c2cc(cc(OC)c2Cl)C/C(C)=C/C=C/[C@@H](OC)[C@@]2(O)CC(OC(=O)N2)[C@@H](C)C2O[C@]21C)SSCCCC(=O)ON1C(=O)CCC1=O. The van der Waals surface area contributed by atoms with Gasteiger partial charge in [0.2, 0.25) is 11.8 Å². The van der Waals surface area contributed by atoms with Crippen molar-refractivity contribution in [2.45, 2.75) is 139 Å². The highest BCUT2D eigenvalue weighted by molar-refractivity contribution is 8.77. The van der Waals surface area contributed by atoms with Gasteiger partial charge in [-0.1, -0.05) is 63.9 Å². The zero-order chi connectivity index (χ0) is 51.0. The Kier molecular flexibility index (Phi) is 19.1. The predicted molar refractivity (Wildman–Crippen MR) is 257 cm³/mol. The number of amides is 5. The Balaban J connectivity index is 1.30. The zero-order valence-corrected chi connectivity index (χ0v) is 43.2. The van der Waals surface area contributed by atoms with Crippen molar-refractivity contribution < 1.29 is 71.9 Å². The molecule has 5 rings (SSSR count). The summed E-state index contributed by atoms with van der Waals surface area (Å²) in [5.74, 6) is -3.10. The first kappa shape index (κ1) is 55.5. The number of alkyl carbamates (subject to hydrolysis) is 1. The number of likely N-dealkylation sites (N-methyl/N-ethyl adjacent to an activating group) is 1. The molecule has 4 bridgehead atoms. The first-order valence-electron chi connectivity index (χ1n) is 22.7.